The van der Waals surface area contributed by atoms with Gasteiger partial charge in [0.15, 0.2) is 0 Å². The Bertz CT molecular complexity index is 483. The number of ether oxygens (including phenoxy) is 1. The lowest BCUT2D eigenvalue weighted by atomic mass is 10.2. The lowest BCUT2D eigenvalue weighted by molar-refractivity contribution is -0.147. The van der Waals surface area contributed by atoms with E-state index in [1.807, 2.05) is 0 Å². The van der Waals surface area contributed by atoms with Crippen molar-refractivity contribution in [3.63, 3.8) is 0 Å². The van der Waals surface area contributed by atoms with Crippen molar-refractivity contribution in [2.45, 2.75) is 25.8 Å². The fourth-order valence-electron chi connectivity index (χ4n) is 1.87. The first-order valence-electron chi connectivity index (χ1n) is 5.08. The Kier molecular flexibility index (Phi) is 2.96. The van der Waals surface area contributed by atoms with Crippen LogP contribution in [-0.2, 0) is 16.0 Å². The number of halogens is 1. The molecule has 6 heteroatoms. The molecule has 0 fully saturated rings. The number of nitrogens with zero attached hydrogens (tertiary/aromatic N) is 2. The van der Waals surface area contributed by atoms with Gasteiger partial charge in [0.05, 0.1) is 6.61 Å². The number of fused-ring (bicyclic) bond motifs is 1. The number of carbonyl (C=O) groups is 1. The molecule has 0 bridgehead atoms. The second-order valence-corrected chi connectivity index (χ2v) is 3.90. The second-order valence-electron chi connectivity index (χ2n) is 3.51. The van der Waals surface area contributed by atoms with E-state index in [1.165, 1.54) is 10.6 Å². The van der Waals surface area contributed by atoms with Gasteiger partial charge >= 0.3 is 5.97 Å². The lowest BCUT2D eigenvalue weighted by Gasteiger charge is -2.12. The van der Waals surface area contributed by atoms with E-state index in [0.717, 1.165) is 0 Å². The highest BCUT2D eigenvalue weighted by Gasteiger charge is 2.31. The molecule has 0 amide bonds. The predicted octanol–water partition coefficient (Wildman–Crippen LogP) is 0.947. The third-order valence-corrected chi connectivity index (χ3v) is 2.70. The summed E-state index contributed by atoms with van der Waals surface area (Å²) in [6.45, 7) is 2.04. The van der Waals surface area contributed by atoms with Crippen LogP contribution in [0.2, 0.25) is 5.15 Å². The van der Waals surface area contributed by atoms with E-state index in [4.69, 9.17) is 16.3 Å². The van der Waals surface area contributed by atoms with Gasteiger partial charge in [0.2, 0.25) is 0 Å². The number of hydrogen-bond donors (Lipinski definition) is 0. The summed E-state index contributed by atoms with van der Waals surface area (Å²) in [4.78, 5) is 27.3. The molecule has 1 aliphatic heterocycles. The molecular weight excluding hydrogens is 232 g/mol. The summed E-state index contributed by atoms with van der Waals surface area (Å²) in [5.41, 5.74) is -0.300. The maximum Gasteiger partial charge on any atom is 0.329 e. The molecule has 2 rings (SSSR count). The van der Waals surface area contributed by atoms with E-state index in [-0.39, 0.29) is 16.7 Å². The van der Waals surface area contributed by atoms with Crippen molar-refractivity contribution in [2.24, 2.45) is 0 Å². The number of esters is 1. The molecule has 2 heterocycles. The van der Waals surface area contributed by atoms with E-state index in [9.17, 15) is 9.59 Å². The fraction of sp³-hybridized carbons (Fsp3) is 0.500. The highest BCUT2D eigenvalue weighted by Crippen LogP contribution is 2.24. The minimum absolute atomic E-state index is 0.167. The van der Waals surface area contributed by atoms with Crippen LogP contribution in [0.3, 0.4) is 0 Å². The van der Waals surface area contributed by atoms with E-state index in [0.29, 0.717) is 25.3 Å². The zero-order valence-corrected chi connectivity index (χ0v) is 9.53. The van der Waals surface area contributed by atoms with Gasteiger partial charge in [-0.2, -0.15) is 0 Å². The maximum atomic E-state index is 11.7. The van der Waals surface area contributed by atoms with Crippen molar-refractivity contribution in [2.75, 3.05) is 6.61 Å². The zero-order chi connectivity index (χ0) is 11.7. The minimum Gasteiger partial charge on any atom is -0.464 e. The first kappa shape index (κ1) is 11.1. The quantitative estimate of drug-likeness (QED) is 0.572. The number of hydrogen-bond acceptors (Lipinski definition) is 4. The Hall–Kier alpha value is -1.36. The molecule has 5 nitrogen and oxygen atoms in total. The summed E-state index contributed by atoms with van der Waals surface area (Å²) in [6.07, 6.45) is 1.11. The third-order valence-electron chi connectivity index (χ3n) is 2.51. The molecular formula is C10H11ClN2O3. The van der Waals surface area contributed by atoms with Crippen molar-refractivity contribution in [1.29, 1.82) is 0 Å². The van der Waals surface area contributed by atoms with E-state index >= 15 is 0 Å². The molecule has 16 heavy (non-hydrogen) atoms. The average Bonchev–Trinajstić information content (AvgIpc) is 2.61. The summed E-state index contributed by atoms with van der Waals surface area (Å²) in [5.74, 6) is 0.169. The topological polar surface area (TPSA) is 61.2 Å². The van der Waals surface area contributed by atoms with E-state index < -0.39 is 6.04 Å². The minimum atomic E-state index is -0.549. The molecule has 1 aromatic rings. The smallest absolute Gasteiger partial charge is 0.329 e. The van der Waals surface area contributed by atoms with Crippen LogP contribution < -0.4 is 5.56 Å². The molecule has 0 spiro atoms. The molecule has 0 saturated heterocycles. The average molecular weight is 243 g/mol. The standard InChI is InChI=1S/C10H11ClN2O3/c1-2-16-10(15)6-3-4-8-12-7(11)5-9(14)13(6)8/h5-6H,2-4H2,1H3/t6-/m0/s1. The van der Waals surface area contributed by atoms with Crippen LogP contribution in [0.1, 0.15) is 25.2 Å². The van der Waals surface area contributed by atoms with Crippen molar-refractivity contribution >= 4 is 17.6 Å². The molecule has 1 atom stereocenters. The van der Waals surface area contributed by atoms with Gasteiger partial charge in [-0.15, -0.1) is 0 Å². The van der Waals surface area contributed by atoms with Crippen LogP contribution in [0.25, 0.3) is 0 Å². The summed E-state index contributed by atoms with van der Waals surface area (Å²) in [6, 6.07) is 0.662. The third kappa shape index (κ3) is 1.82. The van der Waals surface area contributed by atoms with E-state index in [1.54, 1.807) is 6.92 Å². The SMILES string of the molecule is CCOC(=O)[C@@H]1CCc2nc(Cl)cc(=O)n21. The van der Waals surface area contributed by atoms with Gasteiger partial charge in [-0.3, -0.25) is 9.36 Å². The van der Waals surface area contributed by atoms with Crippen LogP contribution in [0, 0.1) is 0 Å². The number of carbonyl (C=O) groups excluding carboxylic acids is 1. The number of aromatic nitrogens is 2. The highest BCUT2D eigenvalue weighted by atomic mass is 35.5. The highest BCUT2D eigenvalue weighted by molar-refractivity contribution is 6.29. The summed E-state index contributed by atoms with van der Waals surface area (Å²) < 4.78 is 6.27. The van der Waals surface area contributed by atoms with Crippen LogP contribution in [0.4, 0.5) is 0 Å². The van der Waals surface area contributed by atoms with Crippen molar-refractivity contribution in [1.82, 2.24) is 9.55 Å². The molecule has 1 aromatic heterocycles. The van der Waals surface area contributed by atoms with Gasteiger partial charge in [-0.05, 0) is 13.3 Å². The lowest BCUT2D eigenvalue weighted by Crippen LogP contribution is -2.29. The molecule has 0 aromatic carbocycles. The molecule has 86 valence electrons. The van der Waals surface area contributed by atoms with Gasteiger partial charge in [-0.25, -0.2) is 9.78 Å². The van der Waals surface area contributed by atoms with E-state index in [2.05, 4.69) is 4.98 Å². The van der Waals surface area contributed by atoms with Crippen LogP contribution in [-0.4, -0.2) is 22.1 Å². The van der Waals surface area contributed by atoms with Gasteiger partial charge in [0.25, 0.3) is 5.56 Å². The zero-order valence-electron chi connectivity index (χ0n) is 8.77. The van der Waals surface area contributed by atoms with Crippen molar-refractivity contribution in [3.8, 4) is 0 Å². The fourth-order valence-corrected chi connectivity index (χ4v) is 2.07. The molecule has 0 unspecified atom stereocenters. The van der Waals surface area contributed by atoms with Crippen LogP contribution in [0.5, 0.6) is 0 Å². The second kappa shape index (κ2) is 4.25. The molecule has 0 N–H and O–H groups in total. The van der Waals surface area contributed by atoms with Gasteiger partial charge in [0.1, 0.15) is 17.0 Å². The maximum absolute atomic E-state index is 11.7. The van der Waals surface area contributed by atoms with Gasteiger partial charge in [0, 0.05) is 12.5 Å². The van der Waals surface area contributed by atoms with Gasteiger partial charge in [-0.1, -0.05) is 11.6 Å². The van der Waals surface area contributed by atoms with Crippen molar-refractivity contribution < 1.29 is 9.53 Å². The Morgan fingerprint density at radius 3 is 3.19 bits per heavy atom. The Morgan fingerprint density at radius 2 is 2.50 bits per heavy atom. The summed E-state index contributed by atoms with van der Waals surface area (Å²) in [5, 5.41) is 0.167. The molecule has 0 aliphatic carbocycles. The Balaban J connectivity index is 2.40. The monoisotopic (exact) mass is 242 g/mol. The van der Waals surface area contributed by atoms with Gasteiger partial charge < -0.3 is 4.74 Å². The normalized spacial score (nSPS) is 18.2. The van der Waals surface area contributed by atoms with Crippen LogP contribution in [0.15, 0.2) is 10.9 Å². The first-order valence-corrected chi connectivity index (χ1v) is 5.46. The van der Waals surface area contributed by atoms with Crippen LogP contribution >= 0.6 is 11.6 Å². The predicted molar refractivity (Wildman–Crippen MR) is 57.5 cm³/mol. The number of aryl methyl sites for hydroxylation is 1. The largest absolute Gasteiger partial charge is 0.464 e. The number of rotatable bonds is 2. The molecule has 1 aliphatic rings. The van der Waals surface area contributed by atoms with Crippen molar-refractivity contribution in [3.05, 3.63) is 27.4 Å². The summed E-state index contributed by atoms with van der Waals surface area (Å²) in [7, 11) is 0. The first-order chi connectivity index (χ1) is 7.63. The molecule has 0 saturated carbocycles. The Labute approximate surface area is 97.0 Å². The molecule has 0 radical (unpaired) electrons. The summed E-state index contributed by atoms with van der Waals surface area (Å²) >= 11 is 5.68. The Morgan fingerprint density at radius 1 is 1.75 bits per heavy atom.